The molecule has 68 valence electrons. The van der Waals surface area contributed by atoms with Gasteiger partial charge in [-0.2, -0.15) is 0 Å². The Labute approximate surface area is 83.8 Å². The Morgan fingerprint density at radius 1 is 1.29 bits per heavy atom. The maximum atomic E-state index is 4.32. The molecule has 0 saturated heterocycles. The molecule has 1 nitrogen and oxygen atoms in total. The smallest absolute Gasteiger partial charge is 0.0704 e. The van der Waals surface area contributed by atoms with E-state index < -0.39 is 0 Å². The molecule has 2 rings (SSSR count). The molecule has 0 bridgehead atoms. The maximum Gasteiger partial charge on any atom is 0.0704 e. The number of hydrogen-bond acceptors (Lipinski definition) is 1. The highest BCUT2D eigenvalue weighted by Crippen LogP contribution is 2.19. The quantitative estimate of drug-likeness (QED) is 0.606. The summed E-state index contributed by atoms with van der Waals surface area (Å²) < 4.78 is 0. The highest BCUT2D eigenvalue weighted by atomic mass is 14.7. The molecule has 1 aliphatic rings. The van der Waals surface area contributed by atoms with Crippen LogP contribution in [-0.4, -0.2) is 4.98 Å². The molecule has 0 N–H and O–H groups in total. The largest absolute Gasteiger partial charge is 0.256 e. The van der Waals surface area contributed by atoms with Gasteiger partial charge in [-0.15, -0.1) is 5.73 Å². The Morgan fingerprint density at radius 2 is 2.21 bits per heavy atom. The van der Waals surface area contributed by atoms with Crippen LogP contribution >= 0.6 is 0 Å². The van der Waals surface area contributed by atoms with Crippen molar-refractivity contribution in [3.8, 4) is 0 Å². The first-order valence-corrected chi connectivity index (χ1v) is 4.59. The van der Waals surface area contributed by atoms with Gasteiger partial charge in [-0.1, -0.05) is 18.2 Å². The normalized spacial score (nSPS) is 14.6. The highest BCUT2D eigenvalue weighted by molar-refractivity contribution is 5.76. The van der Waals surface area contributed by atoms with E-state index in [0.29, 0.717) is 0 Å². The van der Waals surface area contributed by atoms with Crippen molar-refractivity contribution in [3.05, 3.63) is 65.7 Å². The molecule has 0 amide bonds. The van der Waals surface area contributed by atoms with E-state index in [2.05, 4.69) is 23.7 Å². The molecule has 1 aromatic heterocycles. The Balaban J connectivity index is 2.50. The molecule has 0 aromatic carbocycles. The minimum absolute atomic E-state index is 1.01. The van der Waals surface area contributed by atoms with Crippen molar-refractivity contribution in [1.29, 1.82) is 0 Å². The number of aromatic nitrogens is 1. The molecule has 1 aromatic rings. The lowest BCUT2D eigenvalue weighted by molar-refractivity contribution is 1.27. The second-order valence-electron chi connectivity index (χ2n) is 3.15. The monoisotopic (exact) mass is 181 g/mol. The van der Waals surface area contributed by atoms with Crippen molar-refractivity contribution in [1.82, 2.24) is 4.98 Å². The molecular formula is C13H11N. The van der Waals surface area contributed by atoms with Crippen LogP contribution in [-0.2, 0) is 0 Å². The fourth-order valence-electron chi connectivity index (χ4n) is 1.39. The molecule has 0 saturated carbocycles. The summed E-state index contributed by atoms with van der Waals surface area (Å²) in [7, 11) is 0. The summed E-state index contributed by atoms with van der Waals surface area (Å²) in [5.41, 5.74) is 6.43. The van der Waals surface area contributed by atoms with Crippen LogP contribution in [0, 0.1) is 0 Å². The Bertz CT molecular complexity index is 443. The molecular weight excluding hydrogens is 170 g/mol. The van der Waals surface area contributed by atoms with Crippen molar-refractivity contribution in [2.24, 2.45) is 0 Å². The molecule has 0 fully saturated rings. The minimum Gasteiger partial charge on any atom is -0.256 e. The zero-order valence-corrected chi connectivity index (χ0v) is 8.07. The third-order valence-corrected chi connectivity index (χ3v) is 2.12. The van der Waals surface area contributed by atoms with Crippen molar-refractivity contribution in [2.75, 3.05) is 0 Å². The number of allylic oxidation sites excluding steroid dienone is 5. The average Bonchev–Trinajstić information content (AvgIpc) is 2.44. The predicted molar refractivity (Wildman–Crippen MR) is 58.6 cm³/mol. The second-order valence-corrected chi connectivity index (χ2v) is 3.15. The van der Waals surface area contributed by atoms with Crippen LogP contribution in [0.3, 0.4) is 0 Å². The average molecular weight is 181 g/mol. The van der Waals surface area contributed by atoms with Crippen molar-refractivity contribution in [3.63, 3.8) is 0 Å². The summed E-state index contributed by atoms with van der Waals surface area (Å²) in [4.78, 5) is 4.32. The van der Waals surface area contributed by atoms with Gasteiger partial charge in [0.05, 0.1) is 5.69 Å². The minimum atomic E-state index is 1.01. The summed E-state index contributed by atoms with van der Waals surface area (Å²) in [6.45, 7) is 2.07. The van der Waals surface area contributed by atoms with Crippen LogP contribution in [0.15, 0.2) is 60.0 Å². The van der Waals surface area contributed by atoms with Gasteiger partial charge in [-0.3, -0.25) is 4.98 Å². The van der Waals surface area contributed by atoms with Gasteiger partial charge in [-0.25, -0.2) is 0 Å². The molecule has 0 atom stereocenters. The Kier molecular flexibility index (Phi) is 2.44. The molecule has 1 heterocycles. The van der Waals surface area contributed by atoms with Gasteiger partial charge in [0, 0.05) is 11.8 Å². The maximum absolute atomic E-state index is 4.32. The topological polar surface area (TPSA) is 12.9 Å². The van der Waals surface area contributed by atoms with Gasteiger partial charge in [0.2, 0.25) is 0 Å². The second kappa shape index (κ2) is 3.91. The van der Waals surface area contributed by atoms with E-state index in [1.54, 1.807) is 0 Å². The summed E-state index contributed by atoms with van der Waals surface area (Å²) in [6, 6.07) is 5.94. The van der Waals surface area contributed by atoms with E-state index in [4.69, 9.17) is 0 Å². The van der Waals surface area contributed by atoms with Crippen LogP contribution < -0.4 is 0 Å². The van der Waals surface area contributed by atoms with E-state index in [-0.39, 0.29) is 0 Å². The Hall–Kier alpha value is -1.85. The fourth-order valence-corrected chi connectivity index (χ4v) is 1.39. The molecule has 1 aliphatic carbocycles. The number of nitrogens with zero attached hydrogens (tertiary/aromatic N) is 1. The van der Waals surface area contributed by atoms with Crippen LogP contribution in [0.5, 0.6) is 0 Å². The van der Waals surface area contributed by atoms with Crippen LogP contribution in [0.1, 0.15) is 12.6 Å². The van der Waals surface area contributed by atoms with E-state index in [1.165, 1.54) is 5.57 Å². The lowest BCUT2D eigenvalue weighted by Gasteiger charge is -2.02. The van der Waals surface area contributed by atoms with Gasteiger partial charge in [0.15, 0.2) is 0 Å². The third-order valence-electron chi connectivity index (χ3n) is 2.12. The van der Waals surface area contributed by atoms with Gasteiger partial charge in [-0.05, 0) is 36.8 Å². The zero-order chi connectivity index (χ0) is 9.80. The van der Waals surface area contributed by atoms with Crippen molar-refractivity contribution < 1.29 is 0 Å². The fraction of sp³-hybridized carbons (Fsp3) is 0.0769. The Morgan fingerprint density at radius 3 is 3.00 bits per heavy atom. The van der Waals surface area contributed by atoms with E-state index in [9.17, 15) is 0 Å². The van der Waals surface area contributed by atoms with E-state index in [1.807, 2.05) is 42.6 Å². The van der Waals surface area contributed by atoms with Crippen molar-refractivity contribution >= 4 is 5.57 Å². The first kappa shape index (κ1) is 8.74. The predicted octanol–water partition coefficient (Wildman–Crippen LogP) is 3.14. The van der Waals surface area contributed by atoms with Crippen molar-refractivity contribution in [2.45, 2.75) is 6.92 Å². The van der Waals surface area contributed by atoms with Crippen LogP contribution in [0.4, 0.5) is 0 Å². The lowest BCUT2D eigenvalue weighted by atomic mass is 10.1. The highest BCUT2D eigenvalue weighted by Gasteiger charge is 2.01. The number of hydrogen-bond donors (Lipinski definition) is 0. The molecule has 1 heteroatoms. The van der Waals surface area contributed by atoms with Gasteiger partial charge in [0.25, 0.3) is 0 Å². The molecule has 0 aliphatic heterocycles. The molecule has 0 unspecified atom stereocenters. The van der Waals surface area contributed by atoms with Gasteiger partial charge < -0.3 is 0 Å². The third kappa shape index (κ3) is 1.73. The number of pyridine rings is 1. The molecule has 0 radical (unpaired) electrons. The summed E-state index contributed by atoms with van der Waals surface area (Å²) in [5, 5.41) is 0. The standard InChI is InChI=1S/C13H11N/c1-11-7-3-2-4-8-12(11)13-9-5-6-10-14-13/h2,4-10H,1H3. The van der Waals surface area contributed by atoms with Gasteiger partial charge in [0.1, 0.15) is 0 Å². The van der Waals surface area contributed by atoms with Crippen LogP contribution in [0.2, 0.25) is 0 Å². The van der Waals surface area contributed by atoms with E-state index in [0.717, 1.165) is 11.3 Å². The SMILES string of the molecule is CC1=C(c2ccccn2)C=CC=C=C1. The summed E-state index contributed by atoms with van der Waals surface area (Å²) >= 11 is 0. The first-order valence-electron chi connectivity index (χ1n) is 4.59. The zero-order valence-electron chi connectivity index (χ0n) is 8.07. The summed E-state index contributed by atoms with van der Waals surface area (Å²) in [6.07, 6.45) is 9.74. The molecule has 14 heavy (non-hydrogen) atoms. The first-order chi connectivity index (χ1) is 6.88. The summed E-state index contributed by atoms with van der Waals surface area (Å²) in [5.74, 6) is 0. The van der Waals surface area contributed by atoms with Gasteiger partial charge >= 0.3 is 0 Å². The van der Waals surface area contributed by atoms with Crippen LogP contribution in [0.25, 0.3) is 5.57 Å². The van der Waals surface area contributed by atoms with E-state index >= 15 is 0 Å². The molecule has 0 spiro atoms. The number of rotatable bonds is 1. The lowest BCUT2D eigenvalue weighted by Crippen LogP contribution is -1.87.